The molecule has 0 aliphatic heterocycles. The van der Waals surface area contributed by atoms with E-state index in [-0.39, 0.29) is 0 Å². The van der Waals surface area contributed by atoms with Crippen LogP contribution in [-0.4, -0.2) is 0 Å². The van der Waals surface area contributed by atoms with E-state index in [4.69, 9.17) is 0 Å². The van der Waals surface area contributed by atoms with Gasteiger partial charge < -0.3 is 0 Å². The van der Waals surface area contributed by atoms with E-state index >= 15 is 0 Å². The van der Waals surface area contributed by atoms with Crippen LogP contribution in [0.25, 0.3) is 0 Å². The lowest BCUT2D eigenvalue weighted by molar-refractivity contribution is 0.338. The van der Waals surface area contributed by atoms with Gasteiger partial charge in [-0.25, -0.2) is 0 Å². The van der Waals surface area contributed by atoms with E-state index < -0.39 is 0 Å². The van der Waals surface area contributed by atoms with E-state index in [1.165, 1.54) is 41.4 Å². The van der Waals surface area contributed by atoms with Crippen molar-refractivity contribution in [2.75, 3.05) is 0 Å². The van der Waals surface area contributed by atoms with Gasteiger partial charge in [0.1, 0.15) is 0 Å². The number of hydrogen-bond acceptors (Lipinski definition) is 0. The standard InChI is InChI=1S/C10H14/c1-3(2)4-5-7-8(5)10-6(4)9(7)10/h3-10H,1-2H3. The maximum absolute atomic E-state index is 2.43. The summed E-state index contributed by atoms with van der Waals surface area (Å²) in [5.41, 5.74) is 0. The quantitative estimate of drug-likeness (QED) is 0.514. The van der Waals surface area contributed by atoms with Crippen molar-refractivity contribution >= 4 is 0 Å². The van der Waals surface area contributed by atoms with Crippen molar-refractivity contribution in [1.82, 2.24) is 0 Å². The second kappa shape index (κ2) is 1.00. The maximum atomic E-state index is 2.43. The Morgan fingerprint density at radius 3 is 1.30 bits per heavy atom. The minimum absolute atomic E-state index is 1.000. The first-order valence-corrected chi connectivity index (χ1v) is 4.82. The first-order valence-electron chi connectivity index (χ1n) is 4.82. The predicted molar refractivity (Wildman–Crippen MR) is 39.3 cm³/mol. The van der Waals surface area contributed by atoms with E-state index in [0.29, 0.717) is 0 Å². The van der Waals surface area contributed by atoms with Gasteiger partial charge in [-0.2, -0.15) is 0 Å². The van der Waals surface area contributed by atoms with Crippen LogP contribution in [0.5, 0.6) is 0 Å². The summed E-state index contributed by atoms with van der Waals surface area (Å²) in [6.45, 7) is 4.86. The van der Waals surface area contributed by atoms with Crippen LogP contribution in [-0.2, 0) is 0 Å². The minimum atomic E-state index is 1.000. The molecule has 0 atom stereocenters. The summed E-state index contributed by atoms with van der Waals surface area (Å²) in [6, 6.07) is 0. The third-order valence-corrected chi connectivity index (χ3v) is 4.93. The topological polar surface area (TPSA) is 0 Å². The third-order valence-electron chi connectivity index (χ3n) is 4.93. The van der Waals surface area contributed by atoms with Crippen LogP contribution in [0.15, 0.2) is 0 Å². The molecule has 5 fully saturated rings. The zero-order chi connectivity index (χ0) is 6.62. The second-order valence-corrected chi connectivity index (χ2v) is 5.29. The molecule has 5 rings (SSSR count). The predicted octanol–water partition coefficient (Wildman–Crippen LogP) is 2.01. The van der Waals surface area contributed by atoms with Gasteiger partial charge in [-0.1, -0.05) is 13.8 Å². The highest BCUT2D eigenvalue weighted by Crippen LogP contribution is 2.94. The Bertz CT molecular complexity index is 174. The Hall–Kier alpha value is 0. The molecule has 0 heterocycles. The maximum Gasteiger partial charge on any atom is -0.0312 e. The fraction of sp³-hybridized carbons (Fsp3) is 1.00. The molecule has 5 saturated carbocycles. The second-order valence-electron chi connectivity index (χ2n) is 5.29. The Kier molecular flexibility index (Phi) is 0.479. The van der Waals surface area contributed by atoms with Crippen molar-refractivity contribution in [3.63, 3.8) is 0 Å². The zero-order valence-electron chi connectivity index (χ0n) is 6.62. The third kappa shape index (κ3) is 0.245. The molecule has 0 nitrogen and oxygen atoms in total. The van der Waals surface area contributed by atoms with E-state index in [1.54, 1.807) is 0 Å². The van der Waals surface area contributed by atoms with Gasteiger partial charge in [0.25, 0.3) is 0 Å². The van der Waals surface area contributed by atoms with E-state index in [0.717, 1.165) is 5.92 Å². The van der Waals surface area contributed by atoms with Crippen molar-refractivity contribution in [2.45, 2.75) is 13.8 Å². The number of hydrogen-bond donors (Lipinski definition) is 0. The van der Waals surface area contributed by atoms with Gasteiger partial charge in [0.05, 0.1) is 0 Å². The SMILES string of the molecule is CC(C)C1C2C3C2C2C1C32. The summed E-state index contributed by atoms with van der Waals surface area (Å²) in [4.78, 5) is 0. The molecule has 0 amide bonds. The van der Waals surface area contributed by atoms with Crippen LogP contribution >= 0.6 is 0 Å². The summed E-state index contributed by atoms with van der Waals surface area (Å²) in [6.07, 6.45) is 0. The summed E-state index contributed by atoms with van der Waals surface area (Å²) in [5, 5.41) is 0. The Balaban J connectivity index is 1.79. The molecular weight excluding hydrogens is 120 g/mol. The highest BCUT2D eigenvalue weighted by atomic mass is 15.0. The largest absolute Gasteiger partial charge is 0.0625 e. The fourth-order valence-corrected chi connectivity index (χ4v) is 4.85. The average molecular weight is 134 g/mol. The fourth-order valence-electron chi connectivity index (χ4n) is 4.85. The lowest BCUT2D eigenvalue weighted by atomic mass is 9.91. The molecule has 5 aliphatic rings. The molecule has 10 heavy (non-hydrogen) atoms. The van der Waals surface area contributed by atoms with E-state index in [1.807, 2.05) is 0 Å². The summed E-state index contributed by atoms with van der Waals surface area (Å²) in [7, 11) is 0. The van der Waals surface area contributed by atoms with Gasteiger partial charge in [0, 0.05) is 0 Å². The minimum Gasteiger partial charge on any atom is -0.0625 e. The van der Waals surface area contributed by atoms with Crippen LogP contribution in [0, 0.1) is 47.3 Å². The van der Waals surface area contributed by atoms with E-state index in [2.05, 4.69) is 13.8 Å². The summed E-state index contributed by atoms with van der Waals surface area (Å²) < 4.78 is 0. The van der Waals surface area contributed by atoms with Crippen molar-refractivity contribution in [3.05, 3.63) is 0 Å². The number of rotatable bonds is 1. The Labute approximate surface area is 62.0 Å². The van der Waals surface area contributed by atoms with Gasteiger partial charge in [-0.05, 0) is 47.3 Å². The highest BCUT2D eigenvalue weighted by molar-refractivity contribution is 5.37. The zero-order valence-corrected chi connectivity index (χ0v) is 6.62. The molecule has 0 radical (unpaired) electrons. The first kappa shape index (κ1) is 4.79. The molecule has 0 spiro atoms. The first-order chi connectivity index (χ1) is 4.82. The lowest BCUT2D eigenvalue weighted by Gasteiger charge is -2.14. The van der Waals surface area contributed by atoms with Gasteiger partial charge >= 0.3 is 0 Å². The van der Waals surface area contributed by atoms with Crippen LogP contribution in [0.2, 0.25) is 0 Å². The van der Waals surface area contributed by atoms with Crippen molar-refractivity contribution in [2.24, 2.45) is 47.3 Å². The van der Waals surface area contributed by atoms with Crippen LogP contribution in [0.1, 0.15) is 13.8 Å². The molecule has 0 saturated heterocycles. The van der Waals surface area contributed by atoms with Crippen molar-refractivity contribution in [1.29, 1.82) is 0 Å². The molecule has 0 N–H and O–H groups in total. The van der Waals surface area contributed by atoms with E-state index in [9.17, 15) is 0 Å². The lowest BCUT2D eigenvalue weighted by Crippen LogP contribution is -2.09. The molecule has 54 valence electrons. The molecule has 0 heteroatoms. The monoisotopic (exact) mass is 134 g/mol. The van der Waals surface area contributed by atoms with Crippen molar-refractivity contribution < 1.29 is 0 Å². The molecule has 5 aliphatic carbocycles. The summed E-state index contributed by atoms with van der Waals surface area (Å²) in [5.74, 6) is 9.81. The molecule has 0 unspecified atom stereocenters. The van der Waals surface area contributed by atoms with Crippen LogP contribution < -0.4 is 0 Å². The molecule has 0 aromatic rings. The molecule has 0 aromatic heterocycles. The highest BCUT2D eigenvalue weighted by Gasteiger charge is 2.91. The average Bonchev–Trinajstić information content (AvgIpc) is 2.46. The normalized spacial score (nSPS) is 78.9. The van der Waals surface area contributed by atoms with Gasteiger partial charge in [0.2, 0.25) is 0 Å². The van der Waals surface area contributed by atoms with Gasteiger partial charge in [0.15, 0.2) is 0 Å². The van der Waals surface area contributed by atoms with Gasteiger partial charge in [-0.3, -0.25) is 0 Å². The Morgan fingerprint density at radius 2 is 1.10 bits per heavy atom. The smallest absolute Gasteiger partial charge is 0.0312 e. The summed E-state index contributed by atoms with van der Waals surface area (Å²) >= 11 is 0. The van der Waals surface area contributed by atoms with Gasteiger partial charge in [-0.15, -0.1) is 0 Å². The Morgan fingerprint density at radius 1 is 0.700 bits per heavy atom. The molecular formula is C10H14. The van der Waals surface area contributed by atoms with Crippen LogP contribution in [0.3, 0.4) is 0 Å². The molecule has 2 bridgehead atoms. The van der Waals surface area contributed by atoms with Crippen LogP contribution in [0.4, 0.5) is 0 Å². The van der Waals surface area contributed by atoms with Crippen molar-refractivity contribution in [3.8, 4) is 0 Å². The molecule has 0 aromatic carbocycles.